The largest absolute Gasteiger partial charge is 0.457 e. The third-order valence-corrected chi connectivity index (χ3v) is 9.95. The number of ether oxygens (including phenoxy) is 1. The van der Waals surface area contributed by atoms with Gasteiger partial charge in [0.15, 0.2) is 0 Å². The Kier molecular flexibility index (Phi) is 6.09. The summed E-state index contributed by atoms with van der Waals surface area (Å²) in [5.74, 6) is 9.16. The van der Waals surface area contributed by atoms with E-state index >= 15 is 0 Å². The first kappa shape index (κ1) is 24.5. The molecule has 2 saturated carbocycles. The van der Waals surface area contributed by atoms with Crippen molar-refractivity contribution in [1.82, 2.24) is 0 Å². The van der Waals surface area contributed by atoms with E-state index in [4.69, 9.17) is 4.74 Å². The molecule has 0 aliphatic heterocycles. The van der Waals surface area contributed by atoms with Crippen LogP contribution in [0.25, 0.3) is 0 Å². The van der Waals surface area contributed by atoms with Crippen LogP contribution in [-0.4, -0.2) is 21.9 Å². The van der Waals surface area contributed by atoms with E-state index in [-0.39, 0.29) is 17.4 Å². The Morgan fingerprint density at radius 1 is 1.00 bits per heavy atom. The second-order valence-corrected chi connectivity index (χ2v) is 11.9. The molecule has 2 aromatic carbocycles. The number of benzene rings is 2. The Labute approximate surface area is 221 Å². The van der Waals surface area contributed by atoms with E-state index in [0.717, 1.165) is 62.0 Å². The normalized spacial score (nSPS) is 34.5. The van der Waals surface area contributed by atoms with Gasteiger partial charge in [-0.25, -0.2) is 0 Å². The molecule has 0 bridgehead atoms. The average Bonchev–Trinajstić information content (AvgIpc) is 3.15. The molecule has 0 amide bonds. The number of allylic oxidation sites excluding steroid dienone is 3. The predicted molar refractivity (Wildman–Crippen MR) is 147 cm³/mol. The van der Waals surface area contributed by atoms with Crippen molar-refractivity contribution in [3.05, 3.63) is 82.5 Å². The minimum Gasteiger partial charge on any atom is -0.457 e. The molecule has 6 atom stereocenters. The summed E-state index contributed by atoms with van der Waals surface area (Å²) in [4.78, 5) is 0. The maximum atomic E-state index is 11.8. The number of hydrogen-bond acceptors (Lipinski definition) is 3. The van der Waals surface area contributed by atoms with Crippen molar-refractivity contribution in [2.24, 2.45) is 17.3 Å². The predicted octanol–water partition coefficient (Wildman–Crippen LogP) is 7.23. The van der Waals surface area contributed by atoms with Crippen molar-refractivity contribution < 1.29 is 14.9 Å². The summed E-state index contributed by atoms with van der Waals surface area (Å²) in [6.45, 7) is 6.21. The molecule has 0 saturated heterocycles. The second-order valence-electron chi connectivity index (χ2n) is 11.9. The quantitative estimate of drug-likeness (QED) is 0.443. The van der Waals surface area contributed by atoms with Gasteiger partial charge in [-0.3, -0.25) is 0 Å². The summed E-state index contributed by atoms with van der Waals surface area (Å²) < 4.78 is 6.20. The van der Waals surface area contributed by atoms with Crippen molar-refractivity contribution in [3.8, 4) is 23.3 Å². The van der Waals surface area contributed by atoms with Gasteiger partial charge in [0.25, 0.3) is 0 Å². The molecule has 3 heteroatoms. The number of rotatable bonds is 3. The van der Waals surface area contributed by atoms with E-state index in [0.29, 0.717) is 11.8 Å². The highest BCUT2D eigenvalue weighted by Gasteiger charge is 2.62. The SMILES string of the molecule is CC#C[C@]1(O)CC[C@H]2[C@@H]3CCC4=CC(O)CCC4=C3[C@@H](c3ccc(Oc4ccccc4C)cc3)C[C@@]21C. The Morgan fingerprint density at radius 3 is 2.54 bits per heavy atom. The maximum Gasteiger partial charge on any atom is 0.131 e. The van der Waals surface area contributed by atoms with E-state index < -0.39 is 5.60 Å². The number of aryl methyl sites for hydroxylation is 1. The van der Waals surface area contributed by atoms with Crippen molar-refractivity contribution in [2.75, 3.05) is 0 Å². The van der Waals surface area contributed by atoms with Crippen LogP contribution in [0, 0.1) is 36.0 Å². The van der Waals surface area contributed by atoms with Gasteiger partial charge in [0.05, 0.1) is 6.10 Å². The van der Waals surface area contributed by atoms with Gasteiger partial charge in [-0.1, -0.05) is 54.8 Å². The molecule has 2 N–H and O–H groups in total. The van der Waals surface area contributed by atoms with E-state index in [2.05, 4.69) is 62.1 Å². The molecule has 0 heterocycles. The number of para-hydroxylation sites is 1. The fraction of sp³-hybridized carbons (Fsp3) is 0.471. The summed E-state index contributed by atoms with van der Waals surface area (Å²) in [6.07, 6.45) is 8.35. The van der Waals surface area contributed by atoms with Gasteiger partial charge in [-0.05, 0) is 111 Å². The monoisotopic (exact) mass is 494 g/mol. The van der Waals surface area contributed by atoms with Gasteiger partial charge in [-0.15, -0.1) is 5.92 Å². The van der Waals surface area contributed by atoms with Crippen LogP contribution in [0.2, 0.25) is 0 Å². The zero-order valence-corrected chi connectivity index (χ0v) is 22.3. The molecule has 0 spiro atoms. The lowest BCUT2D eigenvalue weighted by Crippen LogP contribution is -2.51. The molecular weight excluding hydrogens is 456 g/mol. The minimum absolute atomic E-state index is 0.232. The Bertz CT molecular complexity index is 1320. The van der Waals surface area contributed by atoms with Crippen molar-refractivity contribution in [3.63, 3.8) is 0 Å². The van der Waals surface area contributed by atoms with E-state index in [1.54, 1.807) is 5.57 Å². The first-order valence-corrected chi connectivity index (χ1v) is 13.9. The molecule has 1 unspecified atom stereocenters. The first-order valence-electron chi connectivity index (χ1n) is 13.9. The van der Waals surface area contributed by atoms with E-state index in [1.807, 2.05) is 25.1 Å². The van der Waals surface area contributed by atoms with E-state index in [1.165, 1.54) is 16.7 Å². The molecule has 192 valence electrons. The van der Waals surface area contributed by atoms with Gasteiger partial charge >= 0.3 is 0 Å². The molecular formula is C34H38O3. The van der Waals surface area contributed by atoms with Crippen molar-refractivity contribution in [2.45, 2.75) is 83.3 Å². The van der Waals surface area contributed by atoms with Crippen LogP contribution in [0.5, 0.6) is 11.5 Å². The standard InChI is InChI=1S/C34H38O3/c1-4-18-34(36)19-17-30-28-15-11-24-20-25(35)12-16-27(24)32(28)29(21-33(30,34)3)23-9-13-26(14-10-23)37-31-8-6-5-7-22(31)2/h5-10,13-14,20,25,28-30,35-36H,11-12,15-17,19,21H2,1-3H3/t25?,28-,29+,30-,33-,34-/m0/s1. The van der Waals surface area contributed by atoms with Gasteiger partial charge in [-0.2, -0.15) is 0 Å². The van der Waals surface area contributed by atoms with Crippen molar-refractivity contribution in [1.29, 1.82) is 0 Å². The van der Waals surface area contributed by atoms with E-state index in [9.17, 15) is 10.2 Å². The third kappa shape index (κ3) is 3.97. The number of aliphatic hydroxyl groups excluding tert-OH is 1. The van der Waals surface area contributed by atoms with Gasteiger partial charge < -0.3 is 14.9 Å². The van der Waals surface area contributed by atoms with Crippen LogP contribution in [0.3, 0.4) is 0 Å². The van der Waals surface area contributed by atoms with Gasteiger partial charge in [0, 0.05) is 11.3 Å². The Hall–Kier alpha value is -2.80. The van der Waals surface area contributed by atoms with Crippen LogP contribution in [0.15, 0.2) is 71.3 Å². The molecule has 37 heavy (non-hydrogen) atoms. The zero-order valence-electron chi connectivity index (χ0n) is 22.3. The van der Waals surface area contributed by atoms with Crippen LogP contribution in [-0.2, 0) is 0 Å². The molecule has 3 nitrogen and oxygen atoms in total. The van der Waals surface area contributed by atoms with Crippen molar-refractivity contribution >= 4 is 0 Å². The third-order valence-electron chi connectivity index (χ3n) is 9.95. The lowest BCUT2D eigenvalue weighted by atomic mass is 9.51. The maximum absolute atomic E-state index is 11.8. The van der Waals surface area contributed by atoms with Crippen LogP contribution >= 0.6 is 0 Å². The fourth-order valence-electron chi connectivity index (χ4n) is 8.06. The molecule has 6 rings (SSSR count). The lowest BCUT2D eigenvalue weighted by molar-refractivity contribution is -0.0514. The van der Waals surface area contributed by atoms with Crippen LogP contribution in [0.4, 0.5) is 0 Å². The highest BCUT2D eigenvalue weighted by molar-refractivity contribution is 5.50. The Balaban J connectivity index is 1.42. The topological polar surface area (TPSA) is 49.7 Å². The summed E-state index contributed by atoms with van der Waals surface area (Å²) in [7, 11) is 0. The molecule has 4 aliphatic carbocycles. The molecule has 2 aromatic rings. The summed E-state index contributed by atoms with van der Waals surface area (Å²) in [5.41, 5.74) is 5.65. The number of aliphatic hydroxyl groups is 2. The summed E-state index contributed by atoms with van der Waals surface area (Å²) >= 11 is 0. The van der Waals surface area contributed by atoms with Gasteiger partial charge in [0.1, 0.15) is 17.1 Å². The van der Waals surface area contributed by atoms with Crippen LogP contribution < -0.4 is 4.74 Å². The molecule has 2 fully saturated rings. The summed E-state index contributed by atoms with van der Waals surface area (Å²) in [5, 5.41) is 22.2. The van der Waals surface area contributed by atoms with Crippen LogP contribution in [0.1, 0.15) is 75.8 Å². The molecule has 0 aromatic heterocycles. The average molecular weight is 495 g/mol. The molecule has 4 aliphatic rings. The number of fused-ring (bicyclic) bond motifs is 4. The lowest BCUT2D eigenvalue weighted by Gasteiger charge is -2.54. The highest BCUT2D eigenvalue weighted by Crippen LogP contribution is 2.66. The first-order chi connectivity index (χ1) is 17.8. The Morgan fingerprint density at radius 2 is 1.78 bits per heavy atom. The summed E-state index contributed by atoms with van der Waals surface area (Å²) in [6, 6.07) is 16.7. The number of hydrogen-bond donors (Lipinski definition) is 2. The second kappa shape index (κ2) is 9.19. The van der Waals surface area contributed by atoms with Gasteiger partial charge in [0.2, 0.25) is 0 Å². The zero-order chi connectivity index (χ0) is 25.8. The fourth-order valence-corrected chi connectivity index (χ4v) is 8.06. The highest BCUT2D eigenvalue weighted by atomic mass is 16.5. The molecule has 0 radical (unpaired) electrons. The smallest absolute Gasteiger partial charge is 0.131 e. The minimum atomic E-state index is -0.937.